The Labute approximate surface area is 120 Å². The van der Waals surface area contributed by atoms with Crippen molar-refractivity contribution >= 4 is 10.0 Å². The maximum Gasteiger partial charge on any atom is 0.244 e. The van der Waals surface area contributed by atoms with Gasteiger partial charge in [0.05, 0.1) is 6.61 Å². The van der Waals surface area contributed by atoms with E-state index in [0.717, 1.165) is 6.42 Å². The van der Waals surface area contributed by atoms with Crippen LogP contribution in [0.15, 0.2) is 9.31 Å². The molecule has 0 aromatic carbocycles. The Morgan fingerprint density at radius 1 is 1.25 bits per heavy atom. The summed E-state index contributed by atoms with van der Waals surface area (Å²) in [5, 5.41) is 9.32. The van der Waals surface area contributed by atoms with Gasteiger partial charge < -0.3 is 9.52 Å². The third-order valence-corrected chi connectivity index (χ3v) is 5.73. The molecule has 0 atom stereocenters. The maximum absolute atomic E-state index is 12.3. The van der Waals surface area contributed by atoms with Crippen molar-refractivity contribution in [3.63, 3.8) is 0 Å². The second-order valence-corrected chi connectivity index (χ2v) is 7.22. The molecular formula is C14H23NO4S. The molecule has 1 saturated carbocycles. The Balaban J connectivity index is 2.06. The van der Waals surface area contributed by atoms with Crippen LogP contribution in [0.25, 0.3) is 0 Å². The van der Waals surface area contributed by atoms with Crippen molar-refractivity contribution in [1.82, 2.24) is 4.72 Å². The molecule has 1 heterocycles. The van der Waals surface area contributed by atoms with E-state index in [1.54, 1.807) is 13.8 Å². The van der Waals surface area contributed by atoms with Crippen molar-refractivity contribution in [2.24, 2.45) is 5.92 Å². The van der Waals surface area contributed by atoms with Crippen molar-refractivity contribution < 1.29 is 17.9 Å². The van der Waals surface area contributed by atoms with Crippen molar-refractivity contribution in [1.29, 1.82) is 0 Å². The first-order chi connectivity index (χ1) is 9.45. The zero-order chi connectivity index (χ0) is 14.8. The van der Waals surface area contributed by atoms with E-state index in [4.69, 9.17) is 4.42 Å². The van der Waals surface area contributed by atoms with Gasteiger partial charge in [-0.15, -0.1) is 0 Å². The molecule has 1 aromatic rings. The Hall–Kier alpha value is -0.850. The van der Waals surface area contributed by atoms with Gasteiger partial charge >= 0.3 is 0 Å². The molecule has 5 nitrogen and oxygen atoms in total. The third-order valence-electron chi connectivity index (χ3n) is 4.07. The molecule has 20 heavy (non-hydrogen) atoms. The maximum atomic E-state index is 12.3. The van der Waals surface area contributed by atoms with Gasteiger partial charge in [-0.3, -0.25) is 0 Å². The first-order valence-electron chi connectivity index (χ1n) is 7.15. The number of sulfonamides is 1. The minimum atomic E-state index is -3.61. The normalized spacial score (nSPS) is 16.9. The molecule has 0 unspecified atom stereocenters. The molecule has 0 aliphatic heterocycles. The molecular weight excluding hydrogens is 278 g/mol. The molecule has 1 aliphatic rings. The van der Waals surface area contributed by atoms with Gasteiger partial charge in [-0.25, -0.2) is 13.1 Å². The lowest BCUT2D eigenvalue weighted by Gasteiger charge is -2.11. The number of hydrogen-bond donors (Lipinski definition) is 2. The Morgan fingerprint density at radius 3 is 2.50 bits per heavy atom. The molecule has 0 radical (unpaired) electrons. The van der Waals surface area contributed by atoms with Crippen molar-refractivity contribution in [2.45, 2.75) is 57.5 Å². The summed E-state index contributed by atoms with van der Waals surface area (Å²) in [7, 11) is -3.61. The minimum absolute atomic E-state index is 0.101. The second-order valence-electron chi connectivity index (χ2n) is 5.52. The zero-order valence-corrected chi connectivity index (χ0v) is 12.9. The third kappa shape index (κ3) is 3.24. The standard InChI is InChI=1S/C14H23NO4S/c1-10-13(9-16)14(11(2)19-10)20(17,18)15-8-7-12-5-3-4-6-12/h12,15-16H,3-9H2,1-2H3. The fourth-order valence-corrected chi connectivity index (χ4v) is 4.50. The lowest BCUT2D eigenvalue weighted by molar-refractivity contribution is 0.276. The van der Waals surface area contributed by atoms with E-state index < -0.39 is 10.0 Å². The van der Waals surface area contributed by atoms with E-state index in [-0.39, 0.29) is 11.5 Å². The summed E-state index contributed by atoms with van der Waals surface area (Å²) >= 11 is 0. The topological polar surface area (TPSA) is 79.5 Å². The average molecular weight is 301 g/mol. The van der Waals surface area contributed by atoms with Crippen molar-refractivity contribution in [3.8, 4) is 0 Å². The molecule has 2 rings (SSSR count). The second kappa shape index (κ2) is 6.28. The van der Waals surface area contributed by atoms with Gasteiger partial charge in [0.2, 0.25) is 10.0 Å². The monoisotopic (exact) mass is 301 g/mol. The lowest BCUT2D eigenvalue weighted by Crippen LogP contribution is -2.27. The largest absolute Gasteiger partial charge is 0.465 e. The van der Waals surface area contributed by atoms with Gasteiger partial charge in [-0.05, 0) is 26.2 Å². The molecule has 0 bridgehead atoms. The van der Waals surface area contributed by atoms with E-state index in [1.807, 2.05) is 0 Å². The van der Waals surface area contributed by atoms with Crippen LogP contribution >= 0.6 is 0 Å². The van der Waals surface area contributed by atoms with Gasteiger partial charge in [-0.1, -0.05) is 25.7 Å². The summed E-state index contributed by atoms with van der Waals surface area (Å²) in [4.78, 5) is 0.101. The summed E-state index contributed by atoms with van der Waals surface area (Å²) in [5.74, 6) is 1.43. The number of aryl methyl sites for hydroxylation is 2. The van der Waals surface area contributed by atoms with Crippen molar-refractivity contribution in [3.05, 3.63) is 17.1 Å². The van der Waals surface area contributed by atoms with E-state index in [0.29, 0.717) is 29.5 Å². The summed E-state index contributed by atoms with van der Waals surface area (Å²) in [6, 6.07) is 0. The molecule has 6 heteroatoms. The Bertz CT molecular complexity index is 556. The van der Waals surface area contributed by atoms with Crippen LogP contribution in [-0.2, 0) is 16.6 Å². The van der Waals surface area contributed by atoms with Crippen LogP contribution < -0.4 is 4.72 Å². The van der Waals surface area contributed by atoms with Gasteiger partial charge in [0.1, 0.15) is 16.4 Å². The zero-order valence-electron chi connectivity index (χ0n) is 12.1. The summed E-state index contributed by atoms with van der Waals surface area (Å²) in [6.07, 6.45) is 5.79. The number of hydrogen-bond acceptors (Lipinski definition) is 4. The van der Waals surface area contributed by atoms with E-state index in [9.17, 15) is 13.5 Å². The van der Waals surface area contributed by atoms with Gasteiger partial charge in [0.25, 0.3) is 0 Å². The highest BCUT2D eigenvalue weighted by atomic mass is 32.2. The van der Waals surface area contributed by atoms with Gasteiger partial charge in [0.15, 0.2) is 0 Å². The summed E-state index contributed by atoms with van der Waals surface area (Å²) in [6.45, 7) is 3.39. The van der Waals surface area contributed by atoms with Crippen LogP contribution in [0.5, 0.6) is 0 Å². The fraction of sp³-hybridized carbons (Fsp3) is 0.714. The van der Waals surface area contributed by atoms with Crippen LogP contribution in [-0.4, -0.2) is 20.1 Å². The molecule has 114 valence electrons. The van der Waals surface area contributed by atoms with Crippen LogP contribution in [0, 0.1) is 19.8 Å². The number of furan rings is 1. The van der Waals surface area contributed by atoms with Gasteiger partial charge in [-0.2, -0.15) is 0 Å². The predicted molar refractivity (Wildman–Crippen MR) is 75.9 cm³/mol. The summed E-state index contributed by atoms with van der Waals surface area (Å²) in [5.41, 5.74) is 0.357. The molecule has 0 amide bonds. The predicted octanol–water partition coefficient (Wildman–Crippen LogP) is 2.25. The summed E-state index contributed by atoms with van der Waals surface area (Å²) < 4.78 is 32.6. The highest BCUT2D eigenvalue weighted by Crippen LogP contribution is 2.28. The van der Waals surface area contributed by atoms with Crippen molar-refractivity contribution in [2.75, 3.05) is 6.54 Å². The number of aliphatic hydroxyl groups is 1. The van der Waals surface area contributed by atoms with Gasteiger partial charge in [0, 0.05) is 12.1 Å². The molecule has 1 aliphatic carbocycles. The molecule has 2 N–H and O–H groups in total. The highest BCUT2D eigenvalue weighted by molar-refractivity contribution is 7.89. The van der Waals surface area contributed by atoms with E-state index >= 15 is 0 Å². The first kappa shape index (κ1) is 15.5. The number of aliphatic hydroxyl groups excluding tert-OH is 1. The number of rotatable bonds is 6. The fourth-order valence-electron chi connectivity index (χ4n) is 3.01. The Kier molecular flexibility index (Phi) is 4.88. The lowest BCUT2D eigenvalue weighted by atomic mass is 10.1. The molecule has 0 saturated heterocycles. The first-order valence-corrected chi connectivity index (χ1v) is 8.63. The van der Waals surface area contributed by atoms with Crippen LogP contribution in [0.1, 0.15) is 49.2 Å². The minimum Gasteiger partial charge on any atom is -0.465 e. The van der Waals surface area contributed by atoms with Crippen LogP contribution in [0.2, 0.25) is 0 Å². The number of nitrogens with one attached hydrogen (secondary N) is 1. The van der Waals surface area contributed by atoms with Crippen LogP contribution in [0.4, 0.5) is 0 Å². The SMILES string of the molecule is Cc1oc(C)c(S(=O)(=O)NCCC2CCCC2)c1CO. The van der Waals surface area contributed by atoms with E-state index in [1.165, 1.54) is 25.7 Å². The molecule has 1 fully saturated rings. The Morgan fingerprint density at radius 2 is 1.90 bits per heavy atom. The smallest absolute Gasteiger partial charge is 0.244 e. The quantitative estimate of drug-likeness (QED) is 0.844. The average Bonchev–Trinajstić information content (AvgIpc) is 2.96. The van der Waals surface area contributed by atoms with Crippen LogP contribution in [0.3, 0.4) is 0 Å². The van der Waals surface area contributed by atoms with E-state index in [2.05, 4.69) is 4.72 Å². The molecule has 0 spiro atoms. The molecule has 1 aromatic heterocycles. The highest BCUT2D eigenvalue weighted by Gasteiger charge is 2.26.